The lowest BCUT2D eigenvalue weighted by atomic mass is 10.1. The van der Waals surface area contributed by atoms with Gasteiger partial charge in [-0.25, -0.2) is 4.79 Å². The van der Waals surface area contributed by atoms with Crippen molar-refractivity contribution in [2.45, 2.75) is 12.5 Å². The van der Waals surface area contributed by atoms with Crippen molar-refractivity contribution in [1.29, 1.82) is 0 Å². The van der Waals surface area contributed by atoms with E-state index in [4.69, 9.17) is 0 Å². The first-order valence-electron chi connectivity index (χ1n) is 5.59. The summed E-state index contributed by atoms with van der Waals surface area (Å²) >= 11 is 0. The smallest absolute Gasteiger partial charge is 0.327 e. The molecule has 0 bridgehead atoms. The number of carboxylic acid groups (broad SMARTS) is 1. The average Bonchev–Trinajstić information content (AvgIpc) is 2.68. The number of hydrogen-bond acceptors (Lipinski definition) is 4. The van der Waals surface area contributed by atoms with E-state index in [1.807, 2.05) is 0 Å². The standard InChI is InChI=1S/C13H13NO5/c15-9-3-1-8(2-4-9)7-10(13(18)19)14-11(16)5-6-12(14)17/h1-6,10,15-17H,7H2,(H,18,19)/t10-/m0/s1. The van der Waals surface area contributed by atoms with E-state index in [9.17, 15) is 25.2 Å². The second-order valence-corrected chi connectivity index (χ2v) is 4.14. The van der Waals surface area contributed by atoms with Gasteiger partial charge in [-0.3, -0.25) is 4.57 Å². The number of aromatic nitrogens is 1. The molecule has 6 nitrogen and oxygen atoms in total. The molecule has 1 heterocycles. The lowest BCUT2D eigenvalue weighted by molar-refractivity contribution is -0.141. The molecule has 1 aromatic heterocycles. The predicted molar refractivity (Wildman–Crippen MR) is 66.2 cm³/mol. The maximum Gasteiger partial charge on any atom is 0.327 e. The third kappa shape index (κ3) is 2.62. The summed E-state index contributed by atoms with van der Waals surface area (Å²) in [6, 6.07) is 7.39. The molecule has 0 spiro atoms. The van der Waals surface area contributed by atoms with Gasteiger partial charge in [0.05, 0.1) is 0 Å². The molecule has 100 valence electrons. The fourth-order valence-corrected chi connectivity index (χ4v) is 1.89. The summed E-state index contributed by atoms with van der Waals surface area (Å²) in [5.74, 6) is -1.72. The molecule has 0 aliphatic rings. The van der Waals surface area contributed by atoms with Gasteiger partial charge in [-0.15, -0.1) is 0 Å². The Morgan fingerprint density at radius 3 is 2.00 bits per heavy atom. The summed E-state index contributed by atoms with van der Waals surface area (Å²) in [6.07, 6.45) is 0.0748. The summed E-state index contributed by atoms with van der Waals surface area (Å²) in [5, 5.41) is 37.5. The third-order valence-electron chi connectivity index (χ3n) is 2.84. The van der Waals surface area contributed by atoms with Crippen LogP contribution < -0.4 is 0 Å². The Balaban J connectivity index is 2.32. The minimum absolute atomic E-state index is 0.0748. The van der Waals surface area contributed by atoms with Gasteiger partial charge in [0, 0.05) is 18.6 Å². The number of carboxylic acids is 1. The molecule has 19 heavy (non-hydrogen) atoms. The van der Waals surface area contributed by atoms with Gasteiger partial charge in [0.1, 0.15) is 11.8 Å². The van der Waals surface area contributed by atoms with Crippen molar-refractivity contribution >= 4 is 5.97 Å². The summed E-state index contributed by atoms with van der Waals surface area (Å²) in [5.41, 5.74) is 0.665. The minimum Gasteiger partial charge on any atom is -0.508 e. The van der Waals surface area contributed by atoms with E-state index >= 15 is 0 Å². The van der Waals surface area contributed by atoms with Crippen LogP contribution in [0.25, 0.3) is 0 Å². The fraction of sp³-hybridized carbons (Fsp3) is 0.154. The molecule has 0 aliphatic carbocycles. The highest BCUT2D eigenvalue weighted by Gasteiger charge is 2.24. The molecule has 6 heteroatoms. The minimum atomic E-state index is -1.17. The number of aromatic hydroxyl groups is 3. The normalized spacial score (nSPS) is 12.2. The van der Waals surface area contributed by atoms with Gasteiger partial charge in [0.15, 0.2) is 11.8 Å². The van der Waals surface area contributed by atoms with Crippen LogP contribution in [0.5, 0.6) is 17.5 Å². The molecule has 2 aromatic rings. The number of benzene rings is 1. The van der Waals surface area contributed by atoms with Gasteiger partial charge in [0.2, 0.25) is 0 Å². The topological polar surface area (TPSA) is 103 Å². The van der Waals surface area contributed by atoms with Crippen LogP contribution in [-0.4, -0.2) is 31.0 Å². The first-order valence-corrected chi connectivity index (χ1v) is 5.59. The van der Waals surface area contributed by atoms with Crippen molar-refractivity contribution in [3.63, 3.8) is 0 Å². The molecule has 1 aromatic carbocycles. The van der Waals surface area contributed by atoms with E-state index in [1.165, 1.54) is 24.3 Å². The molecule has 0 unspecified atom stereocenters. The Labute approximate surface area is 108 Å². The molecule has 1 atom stereocenters. The molecular weight excluding hydrogens is 250 g/mol. The van der Waals surface area contributed by atoms with Crippen molar-refractivity contribution < 1.29 is 25.2 Å². The number of phenolic OH excluding ortho intramolecular Hbond substituents is 1. The van der Waals surface area contributed by atoms with E-state index in [-0.39, 0.29) is 23.9 Å². The fourth-order valence-electron chi connectivity index (χ4n) is 1.89. The van der Waals surface area contributed by atoms with Crippen LogP contribution in [0.3, 0.4) is 0 Å². The van der Waals surface area contributed by atoms with Crippen molar-refractivity contribution in [2.24, 2.45) is 0 Å². The van der Waals surface area contributed by atoms with Crippen molar-refractivity contribution in [3.05, 3.63) is 42.0 Å². The predicted octanol–water partition coefficient (Wildman–Crippen LogP) is 1.47. The van der Waals surface area contributed by atoms with Gasteiger partial charge in [-0.05, 0) is 17.7 Å². The quantitative estimate of drug-likeness (QED) is 0.669. The molecule has 0 saturated heterocycles. The zero-order valence-electron chi connectivity index (χ0n) is 9.89. The number of nitrogens with zero attached hydrogens (tertiary/aromatic N) is 1. The van der Waals surface area contributed by atoms with E-state index in [0.717, 1.165) is 4.57 Å². The Hall–Kier alpha value is -2.63. The summed E-state index contributed by atoms with van der Waals surface area (Å²) < 4.78 is 0.940. The highest BCUT2D eigenvalue weighted by atomic mass is 16.4. The van der Waals surface area contributed by atoms with Crippen LogP contribution in [-0.2, 0) is 11.2 Å². The van der Waals surface area contributed by atoms with E-state index in [1.54, 1.807) is 12.1 Å². The Bertz CT molecular complexity index is 568. The Morgan fingerprint density at radius 2 is 1.53 bits per heavy atom. The van der Waals surface area contributed by atoms with Crippen LogP contribution in [0.1, 0.15) is 11.6 Å². The number of rotatable bonds is 4. The van der Waals surface area contributed by atoms with Gasteiger partial charge in [-0.1, -0.05) is 12.1 Å². The van der Waals surface area contributed by atoms with E-state index < -0.39 is 12.0 Å². The van der Waals surface area contributed by atoms with Crippen molar-refractivity contribution in [1.82, 2.24) is 4.57 Å². The molecule has 0 saturated carbocycles. The molecule has 2 rings (SSSR count). The van der Waals surface area contributed by atoms with Gasteiger partial charge >= 0.3 is 5.97 Å². The lowest BCUT2D eigenvalue weighted by Gasteiger charge is -2.16. The van der Waals surface area contributed by atoms with Crippen molar-refractivity contribution in [2.75, 3.05) is 0 Å². The first-order chi connectivity index (χ1) is 8.99. The zero-order valence-corrected chi connectivity index (χ0v) is 9.89. The van der Waals surface area contributed by atoms with E-state index in [0.29, 0.717) is 5.56 Å². The summed E-state index contributed by atoms with van der Waals surface area (Å²) in [4.78, 5) is 11.3. The van der Waals surface area contributed by atoms with Gasteiger partial charge in [-0.2, -0.15) is 0 Å². The van der Waals surface area contributed by atoms with E-state index in [2.05, 4.69) is 0 Å². The number of phenols is 1. The van der Waals surface area contributed by atoms with Crippen LogP contribution in [0.2, 0.25) is 0 Å². The zero-order chi connectivity index (χ0) is 14.0. The highest BCUT2D eigenvalue weighted by molar-refractivity contribution is 5.73. The van der Waals surface area contributed by atoms with Crippen molar-refractivity contribution in [3.8, 4) is 17.5 Å². The summed E-state index contributed by atoms with van der Waals surface area (Å²) in [7, 11) is 0. The monoisotopic (exact) mass is 263 g/mol. The third-order valence-corrected chi connectivity index (χ3v) is 2.84. The van der Waals surface area contributed by atoms with Crippen LogP contribution in [0.4, 0.5) is 0 Å². The molecule has 4 N–H and O–H groups in total. The molecule has 0 radical (unpaired) electrons. The van der Waals surface area contributed by atoms with Gasteiger partial charge in [0.25, 0.3) is 0 Å². The average molecular weight is 263 g/mol. The molecule has 0 amide bonds. The SMILES string of the molecule is O=C(O)[C@H](Cc1ccc(O)cc1)n1c(O)ccc1O. The molecular formula is C13H13NO5. The van der Waals surface area contributed by atoms with Crippen LogP contribution >= 0.6 is 0 Å². The number of hydrogen-bond donors (Lipinski definition) is 4. The summed E-state index contributed by atoms with van der Waals surface area (Å²) in [6.45, 7) is 0. The first kappa shape index (κ1) is 12.8. The molecule has 0 aliphatic heterocycles. The second-order valence-electron chi connectivity index (χ2n) is 4.14. The largest absolute Gasteiger partial charge is 0.508 e. The van der Waals surface area contributed by atoms with Crippen LogP contribution in [0, 0.1) is 0 Å². The Morgan fingerprint density at radius 1 is 1.00 bits per heavy atom. The maximum atomic E-state index is 11.3. The number of carbonyl (C=O) groups is 1. The molecule has 0 fully saturated rings. The highest BCUT2D eigenvalue weighted by Crippen LogP contribution is 2.29. The lowest BCUT2D eigenvalue weighted by Crippen LogP contribution is -2.20. The number of aliphatic carboxylic acids is 1. The second kappa shape index (κ2) is 4.93. The van der Waals surface area contributed by atoms with Gasteiger partial charge < -0.3 is 20.4 Å². The van der Waals surface area contributed by atoms with Crippen LogP contribution in [0.15, 0.2) is 36.4 Å². The Kier molecular flexibility index (Phi) is 3.33. The maximum absolute atomic E-state index is 11.3.